The molecular formula is C27H28FN5O5. The molecule has 1 N–H and O–H groups in total. The van der Waals surface area contributed by atoms with Crippen LogP contribution in [0.5, 0.6) is 5.75 Å². The molecule has 2 aromatic heterocycles. The van der Waals surface area contributed by atoms with Crippen LogP contribution in [-0.4, -0.2) is 79.4 Å². The number of fused-ring (bicyclic) bond motifs is 2. The summed E-state index contributed by atoms with van der Waals surface area (Å²) in [7, 11) is 3.43. The molecule has 11 heteroatoms. The summed E-state index contributed by atoms with van der Waals surface area (Å²) in [4.78, 5) is 49.6. The number of hydrogen-bond acceptors (Lipinski definition) is 8. The van der Waals surface area contributed by atoms with Crippen LogP contribution in [0.15, 0.2) is 34.7 Å². The molecule has 3 aromatic rings. The number of halogens is 1. The Bertz CT molecular complexity index is 1470. The fraction of sp³-hybridized carbons (Fsp3) is 0.407. The maximum absolute atomic E-state index is 14.9. The SMILES string of the molecule is COc1ccc2c(c1F)C(=O)N(C[C@@]1(c3cc4nc(N5CCCN(C)CC5)ccc4o3)CC(=O)NC1=O)C2. The molecule has 0 aliphatic carbocycles. The van der Waals surface area contributed by atoms with Crippen molar-refractivity contribution >= 4 is 34.6 Å². The Morgan fingerprint density at radius 3 is 2.74 bits per heavy atom. The number of methoxy groups -OCH3 is 1. The maximum Gasteiger partial charge on any atom is 0.257 e. The Kier molecular flexibility index (Phi) is 5.82. The van der Waals surface area contributed by atoms with Crippen LogP contribution in [0.4, 0.5) is 10.2 Å². The number of carbonyl (C=O) groups excluding carboxylic acids is 3. The van der Waals surface area contributed by atoms with Gasteiger partial charge in [0.05, 0.1) is 19.1 Å². The number of nitrogens with zero attached hydrogens (tertiary/aromatic N) is 4. The van der Waals surface area contributed by atoms with E-state index in [2.05, 4.69) is 22.2 Å². The van der Waals surface area contributed by atoms with Gasteiger partial charge in [-0.05, 0) is 43.8 Å². The summed E-state index contributed by atoms with van der Waals surface area (Å²) in [6.45, 7) is 3.64. The largest absolute Gasteiger partial charge is 0.494 e. The van der Waals surface area contributed by atoms with Gasteiger partial charge in [0.15, 0.2) is 17.1 Å². The molecule has 2 fully saturated rings. The van der Waals surface area contributed by atoms with E-state index in [1.54, 1.807) is 12.1 Å². The number of hydrogen-bond donors (Lipinski definition) is 1. The average molecular weight is 522 g/mol. The first kappa shape index (κ1) is 24.4. The molecule has 5 heterocycles. The standard InChI is InChI=1S/C27H28FN5O5/c1-31-8-3-9-32(11-10-31)21-7-6-18-17(29-21)12-20(38-18)27(13-22(34)30-26(27)36)15-33-14-16-4-5-19(37-2)24(28)23(16)25(33)35/h4-7,12H,3,8-11,13-15H2,1-2H3,(H,30,34,36)/t27-/m1/s1. The van der Waals surface area contributed by atoms with Crippen molar-refractivity contribution in [2.24, 2.45) is 0 Å². The number of imide groups is 1. The average Bonchev–Trinajstić information content (AvgIpc) is 3.49. The summed E-state index contributed by atoms with van der Waals surface area (Å²) < 4.78 is 26.0. The van der Waals surface area contributed by atoms with E-state index < -0.39 is 29.0 Å². The predicted octanol–water partition coefficient (Wildman–Crippen LogP) is 2.06. The van der Waals surface area contributed by atoms with Gasteiger partial charge in [0.1, 0.15) is 22.5 Å². The molecule has 38 heavy (non-hydrogen) atoms. The summed E-state index contributed by atoms with van der Waals surface area (Å²) in [5.74, 6) is -1.29. The van der Waals surface area contributed by atoms with Crippen molar-refractivity contribution in [3.8, 4) is 5.75 Å². The van der Waals surface area contributed by atoms with Crippen molar-refractivity contribution in [1.29, 1.82) is 0 Å². The summed E-state index contributed by atoms with van der Waals surface area (Å²) in [5, 5.41) is 2.36. The van der Waals surface area contributed by atoms with Crippen LogP contribution in [0.3, 0.4) is 0 Å². The second-order valence-corrected chi connectivity index (χ2v) is 10.2. The molecule has 198 valence electrons. The summed E-state index contributed by atoms with van der Waals surface area (Å²) in [5.41, 5.74) is -0.000426. The van der Waals surface area contributed by atoms with Gasteiger partial charge >= 0.3 is 0 Å². The Hall–Kier alpha value is -3.99. The minimum Gasteiger partial charge on any atom is -0.494 e. The first-order valence-corrected chi connectivity index (χ1v) is 12.6. The lowest BCUT2D eigenvalue weighted by Gasteiger charge is -2.28. The maximum atomic E-state index is 14.9. The molecule has 3 amide bonds. The Morgan fingerprint density at radius 2 is 1.97 bits per heavy atom. The number of anilines is 1. The highest BCUT2D eigenvalue weighted by Crippen LogP contribution is 2.40. The van der Waals surface area contributed by atoms with Gasteiger partial charge < -0.3 is 23.9 Å². The van der Waals surface area contributed by atoms with Crippen molar-refractivity contribution in [2.75, 3.05) is 51.8 Å². The summed E-state index contributed by atoms with van der Waals surface area (Å²) in [6.07, 6.45) is 0.833. The second kappa shape index (κ2) is 9.09. The zero-order chi connectivity index (χ0) is 26.6. The fourth-order valence-corrected chi connectivity index (χ4v) is 5.66. The van der Waals surface area contributed by atoms with E-state index in [1.807, 2.05) is 12.1 Å². The highest BCUT2D eigenvalue weighted by atomic mass is 19.1. The van der Waals surface area contributed by atoms with E-state index in [1.165, 1.54) is 18.1 Å². The van der Waals surface area contributed by atoms with E-state index in [4.69, 9.17) is 14.1 Å². The van der Waals surface area contributed by atoms with Gasteiger partial charge in [-0.3, -0.25) is 19.7 Å². The van der Waals surface area contributed by atoms with Crippen molar-refractivity contribution in [2.45, 2.75) is 24.8 Å². The molecule has 0 radical (unpaired) electrons. The van der Waals surface area contributed by atoms with Crippen LogP contribution in [0.1, 0.15) is 34.5 Å². The van der Waals surface area contributed by atoms with Gasteiger partial charge in [-0.2, -0.15) is 0 Å². The molecule has 6 rings (SSSR count). The number of carbonyl (C=O) groups is 3. The number of ether oxygens (including phenoxy) is 1. The van der Waals surface area contributed by atoms with Gasteiger partial charge in [0.25, 0.3) is 5.91 Å². The third-order valence-electron chi connectivity index (χ3n) is 7.76. The number of nitrogens with one attached hydrogen (secondary N) is 1. The molecule has 1 atom stereocenters. The van der Waals surface area contributed by atoms with Crippen LogP contribution in [0.2, 0.25) is 0 Å². The van der Waals surface area contributed by atoms with Crippen molar-refractivity contribution in [1.82, 2.24) is 20.1 Å². The van der Waals surface area contributed by atoms with Crippen molar-refractivity contribution in [3.05, 3.63) is 53.0 Å². The van der Waals surface area contributed by atoms with Crippen LogP contribution in [0, 0.1) is 5.82 Å². The van der Waals surface area contributed by atoms with Crippen LogP contribution in [0.25, 0.3) is 11.1 Å². The molecule has 0 saturated carbocycles. The van der Waals surface area contributed by atoms with Gasteiger partial charge in [0.2, 0.25) is 11.8 Å². The number of aromatic nitrogens is 1. The number of rotatable bonds is 5. The Labute approximate surface area is 218 Å². The van der Waals surface area contributed by atoms with Crippen molar-refractivity contribution < 1.29 is 27.9 Å². The lowest BCUT2D eigenvalue weighted by molar-refractivity contribution is -0.127. The summed E-state index contributed by atoms with van der Waals surface area (Å²) >= 11 is 0. The zero-order valence-corrected chi connectivity index (χ0v) is 21.3. The van der Waals surface area contributed by atoms with Gasteiger partial charge in [-0.15, -0.1) is 0 Å². The fourth-order valence-electron chi connectivity index (χ4n) is 5.66. The summed E-state index contributed by atoms with van der Waals surface area (Å²) in [6, 6.07) is 8.49. The Balaban J connectivity index is 1.34. The van der Waals surface area contributed by atoms with Crippen LogP contribution < -0.4 is 15.0 Å². The number of pyridine rings is 1. The topological polar surface area (TPSA) is 108 Å². The highest BCUT2D eigenvalue weighted by molar-refractivity contribution is 6.10. The zero-order valence-electron chi connectivity index (χ0n) is 21.3. The third-order valence-corrected chi connectivity index (χ3v) is 7.76. The number of likely N-dealkylation sites (N-methyl/N-ethyl adjacent to an activating group) is 1. The molecule has 0 bridgehead atoms. The molecule has 0 unspecified atom stereocenters. The quantitative estimate of drug-likeness (QED) is 0.509. The smallest absolute Gasteiger partial charge is 0.257 e. The first-order valence-electron chi connectivity index (χ1n) is 12.6. The van der Waals surface area contributed by atoms with Crippen LogP contribution >= 0.6 is 0 Å². The van der Waals surface area contributed by atoms with Gasteiger partial charge in [0, 0.05) is 38.8 Å². The minimum atomic E-state index is -1.46. The predicted molar refractivity (Wildman–Crippen MR) is 135 cm³/mol. The van der Waals surface area contributed by atoms with Crippen LogP contribution in [-0.2, 0) is 21.5 Å². The number of furan rings is 1. The number of amides is 3. The molecular weight excluding hydrogens is 493 g/mol. The molecule has 0 spiro atoms. The first-order chi connectivity index (χ1) is 18.3. The molecule has 10 nitrogen and oxygen atoms in total. The highest BCUT2D eigenvalue weighted by Gasteiger charge is 2.53. The molecule has 3 aliphatic heterocycles. The van der Waals surface area contributed by atoms with E-state index in [-0.39, 0.29) is 36.6 Å². The van der Waals surface area contributed by atoms with Gasteiger partial charge in [-0.25, -0.2) is 9.37 Å². The van der Waals surface area contributed by atoms with E-state index in [9.17, 15) is 18.8 Å². The van der Waals surface area contributed by atoms with E-state index in [0.29, 0.717) is 16.7 Å². The lowest BCUT2D eigenvalue weighted by Crippen LogP contribution is -2.46. The van der Waals surface area contributed by atoms with Crippen molar-refractivity contribution in [3.63, 3.8) is 0 Å². The molecule has 2 saturated heterocycles. The normalized spacial score (nSPS) is 22.2. The Morgan fingerprint density at radius 1 is 1.13 bits per heavy atom. The van der Waals surface area contributed by atoms with E-state index >= 15 is 0 Å². The second-order valence-electron chi connectivity index (χ2n) is 10.2. The van der Waals surface area contributed by atoms with Gasteiger partial charge in [-0.1, -0.05) is 6.07 Å². The van der Waals surface area contributed by atoms with E-state index in [0.717, 1.165) is 38.4 Å². The molecule has 3 aliphatic rings. The minimum absolute atomic E-state index is 0.0299. The lowest BCUT2D eigenvalue weighted by atomic mass is 9.82. The number of benzene rings is 1. The third kappa shape index (κ3) is 3.89. The molecule has 1 aromatic carbocycles. The monoisotopic (exact) mass is 521 g/mol.